The molecule has 2 heterocycles. The molecule has 7 heteroatoms. The van der Waals surface area contributed by atoms with Gasteiger partial charge in [-0.3, -0.25) is 17.5 Å². The number of nitrogens with zero attached hydrogens (tertiary/aromatic N) is 2. The van der Waals surface area contributed by atoms with Gasteiger partial charge in [0.05, 0.1) is 20.2 Å². The van der Waals surface area contributed by atoms with Gasteiger partial charge >= 0.3 is 0 Å². The van der Waals surface area contributed by atoms with Crippen molar-refractivity contribution in [3.05, 3.63) is 66.2 Å². The second kappa shape index (κ2) is 8.51. The van der Waals surface area contributed by atoms with Crippen LogP contribution in [0.15, 0.2) is 46.0 Å². The highest BCUT2D eigenvalue weighted by Crippen LogP contribution is 2.23. The summed E-state index contributed by atoms with van der Waals surface area (Å²) >= 11 is 5.42. The SMILES string of the molecule is Cc1ccc2c(=O)n(CCCCCCn3sc4c(I)cccc4c3=O)sc2c1. The monoisotopic (exact) mass is 524 g/mol. The van der Waals surface area contributed by atoms with Crippen molar-refractivity contribution in [2.75, 3.05) is 0 Å². The molecule has 0 bridgehead atoms. The van der Waals surface area contributed by atoms with Gasteiger partial charge < -0.3 is 0 Å². The quantitative estimate of drug-likeness (QED) is 0.233. The van der Waals surface area contributed by atoms with E-state index in [9.17, 15) is 9.59 Å². The Balaban J connectivity index is 1.30. The van der Waals surface area contributed by atoms with Crippen molar-refractivity contribution in [3.8, 4) is 0 Å². The van der Waals surface area contributed by atoms with Gasteiger partial charge in [0, 0.05) is 16.7 Å². The number of hydrogen-bond donors (Lipinski definition) is 0. The summed E-state index contributed by atoms with van der Waals surface area (Å²) in [4.78, 5) is 24.9. The van der Waals surface area contributed by atoms with Crippen molar-refractivity contribution in [3.63, 3.8) is 0 Å². The number of unbranched alkanes of at least 4 members (excludes halogenated alkanes) is 3. The molecule has 0 aliphatic heterocycles. The number of aryl methyl sites for hydroxylation is 3. The molecule has 0 fully saturated rings. The van der Waals surface area contributed by atoms with Gasteiger partial charge in [0.1, 0.15) is 0 Å². The molecule has 0 saturated carbocycles. The number of benzene rings is 2. The summed E-state index contributed by atoms with van der Waals surface area (Å²) in [5.41, 5.74) is 1.45. The van der Waals surface area contributed by atoms with Crippen molar-refractivity contribution in [2.24, 2.45) is 0 Å². The summed E-state index contributed by atoms with van der Waals surface area (Å²) in [7, 11) is 0. The molecule has 0 unspecified atom stereocenters. The molecule has 146 valence electrons. The molecule has 0 atom stereocenters. The van der Waals surface area contributed by atoms with Crippen LogP contribution in [0.4, 0.5) is 0 Å². The minimum atomic E-state index is 0.130. The van der Waals surface area contributed by atoms with Gasteiger partial charge in [-0.25, -0.2) is 0 Å². The van der Waals surface area contributed by atoms with Gasteiger partial charge in [-0.05, 0) is 72.2 Å². The normalized spacial score (nSPS) is 11.6. The minimum absolute atomic E-state index is 0.130. The maximum absolute atomic E-state index is 12.5. The molecule has 0 aliphatic rings. The second-order valence-electron chi connectivity index (χ2n) is 7.03. The summed E-state index contributed by atoms with van der Waals surface area (Å²) in [6.07, 6.45) is 4.11. The largest absolute Gasteiger partial charge is 0.268 e. The van der Waals surface area contributed by atoms with Crippen molar-refractivity contribution in [1.29, 1.82) is 0 Å². The lowest BCUT2D eigenvalue weighted by molar-refractivity contribution is 0.557. The zero-order valence-electron chi connectivity index (χ0n) is 15.6. The van der Waals surface area contributed by atoms with Crippen molar-refractivity contribution < 1.29 is 0 Å². The van der Waals surface area contributed by atoms with Crippen LogP contribution >= 0.6 is 45.7 Å². The van der Waals surface area contributed by atoms with Crippen molar-refractivity contribution in [1.82, 2.24) is 7.91 Å². The van der Waals surface area contributed by atoms with Crippen LogP contribution in [0.25, 0.3) is 20.2 Å². The molecular weight excluding hydrogens is 503 g/mol. The Bertz CT molecular complexity index is 1250. The molecule has 0 amide bonds. The first-order chi connectivity index (χ1) is 13.5. The average molecular weight is 524 g/mol. The molecular formula is C21H21IN2O2S2. The van der Waals surface area contributed by atoms with Crippen molar-refractivity contribution in [2.45, 2.75) is 45.7 Å². The summed E-state index contributed by atoms with van der Waals surface area (Å²) in [5.74, 6) is 0. The molecule has 2 aromatic carbocycles. The number of fused-ring (bicyclic) bond motifs is 2. The lowest BCUT2D eigenvalue weighted by Gasteiger charge is -2.02. The summed E-state index contributed by atoms with van der Waals surface area (Å²) in [6.45, 7) is 3.60. The van der Waals surface area contributed by atoms with E-state index < -0.39 is 0 Å². The fourth-order valence-electron chi connectivity index (χ4n) is 3.39. The second-order valence-corrected chi connectivity index (χ2v) is 10.3. The van der Waals surface area contributed by atoms with Gasteiger partial charge in [-0.2, -0.15) is 0 Å². The predicted molar refractivity (Wildman–Crippen MR) is 128 cm³/mol. The lowest BCUT2D eigenvalue weighted by Crippen LogP contribution is -2.13. The molecule has 0 saturated heterocycles. The first-order valence-electron chi connectivity index (χ1n) is 9.43. The number of halogens is 1. The fraction of sp³-hybridized carbons (Fsp3) is 0.333. The van der Waals surface area contributed by atoms with Crippen molar-refractivity contribution >= 4 is 65.8 Å². The van der Waals surface area contributed by atoms with Crippen LogP contribution in [0, 0.1) is 10.5 Å². The Hall–Kier alpha value is -1.45. The molecule has 28 heavy (non-hydrogen) atoms. The van der Waals surface area contributed by atoms with Crippen LogP contribution in [0.1, 0.15) is 31.2 Å². The smallest absolute Gasteiger partial charge is 0.268 e. The Labute approximate surface area is 184 Å². The van der Waals surface area contributed by atoms with E-state index in [0.29, 0.717) is 0 Å². The summed E-state index contributed by atoms with van der Waals surface area (Å²) in [6, 6.07) is 11.9. The van der Waals surface area contributed by atoms with Gasteiger partial charge in [0.2, 0.25) is 0 Å². The third-order valence-electron chi connectivity index (χ3n) is 4.90. The van der Waals surface area contributed by atoms with E-state index in [4.69, 9.17) is 0 Å². The van der Waals surface area contributed by atoms with E-state index in [0.717, 1.165) is 62.5 Å². The topological polar surface area (TPSA) is 44.0 Å². The predicted octanol–water partition coefficient (Wildman–Crippen LogP) is 5.61. The summed E-state index contributed by atoms with van der Waals surface area (Å²) < 4.78 is 7.06. The van der Waals surface area contributed by atoms with Crippen LogP contribution in [0.3, 0.4) is 0 Å². The van der Waals surface area contributed by atoms with Crippen LogP contribution < -0.4 is 11.1 Å². The lowest BCUT2D eigenvalue weighted by atomic mass is 10.2. The molecule has 0 radical (unpaired) electrons. The van der Waals surface area contributed by atoms with E-state index in [1.54, 1.807) is 23.1 Å². The Morgan fingerprint density at radius 1 is 0.857 bits per heavy atom. The molecule has 0 N–H and O–H groups in total. The molecule has 0 spiro atoms. The zero-order chi connectivity index (χ0) is 19.7. The molecule has 0 aliphatic carbocycles. The van der Waals surface area contributed by atoms with Crippen LogP contribution in [0.5, 0.6) is 0 Å². The van der Waals surface area contributed by atoms with Crippen LogP contribution in [-0.4, -0.2) is 7.91 Å². The number of rotatable bonds is 7. The first kappa shape index (κ1) is 19.8. The van der Waals surface area contributed by atoms with Gasteiger partial charge in [0.15, 0.2) is 0 Å². The highest BCUT2D eigenvalue weighted by Gasteiger charge is 2.10. The van der Waals surface area contributed by atoms with Crippen LogP contribution in [0.2, 0.25) is 0 Å². The standard InChI is InChI=1S/C21H21IN2O2S2/c1-14-9-10-15-18(13-14)27-23(20(15)25)11-4-2-3-5-12-24-21(26)16-7-6-8-17(22)19(16)28-24/h6-10,13H,2-5,11-12H2,1H3. The van der Waals surface area contributed by atoms with E-state index in [1.807, 2.05) is 38.2 Å². The fourth-order valence-corrected chi connectivity index (χ4v) is 6.35. The maximum Gasteiger partial charge on any atom is 0.268 e. The zero-order valence-corrected chi connectivity index (χ0v) is 19.4. The third kappa shape index (κ3) is 3.97. The highest BCUT2D eigenvalue weighted by molar-refractivity contribution is 14.1. The van der Waals surface area contributed by atoms with Crippen LogP contribution in [-0.2, 0) is 13.1 Å². The maximum atomic E-state index is 12.5. The van der Waals surface area contributed by atoms with E-state index in [2.05, 4.69) is 35.6 Å². The first-order valence-corrected chi connectivity index (χ1v) is 12.1. The van der Waals surface area contributed by atoms with E-state index in [1.165, 1.54) is 5.56 Å². The van der Waals surface area contributed by atoms with E-state index in [-0.39, 0.29) is 11.1 Å². The molecule has 4 rings (SSSR count). The molecule has 4 nitrogen and oxygen atoms in total. The number of aromatic nitrogens is 2. The Kier molecular flexibility index (Phi) is 6.03. The average Bonchev–Trinajstić information content (AvgIpc) is 3.16. The Morgan fingerprint density at radius 2 is 1.54 bits per heavy atom. The molecule has 4 aromatic rings. The van der Waals surface area contributed by atoms with Gasteiger partial charge in [-0.15, -0.1) is 0 Å². The number of hydrogen-bond acceptors (Lipinski definition) is 4. The van der Waals surface area contributed by atoms with Gasteiger partial charge in [0.25, 0.3) is 11.1 Å². The van der Waals surface area contributed by atoms with E-state index >= 15 is 0 Å². The molecule has 2 aromatic heterocycles. The highest BCUT2D eigenvalue weighted by atomic mass is 127. The summed E-state index contributed by atoms with van der Waals surface area (Å²) in [5, 5.41) is 1.66. The van der Waals surface area contributed by atoms with Gasteiger partial charge in [-0.1, -0.05) is 48.0 Å². The Morgan fingerprint density at radius 3 is 2.25 bits per heavy atom. The third-order valence-corrected chi connectivity index (χ3v) is 8.46. The minimum Gasteiger partial charge on any atom is -0.268 e.